The average molecular weight is 406 g/mol. The molecular weight excluding hydrogens is 382 g/mol. The molecule has 3 rings (SSSR count). The number of nitriles is 1. The van der Waals surface area contributed by atoms with Crippen molar-refractivity contribution in [3.8, 4) is 6.07 Å². The second-order valence-electron chi connectivity index (χ2n) is 6.40. The van der Waals surface area contributed by atoms with Crippen molar-refractivity contribution in [1.29, 1.82) is 5.26 Å². The van der Waals surface area contributed by atoms with E-state index in [1.807, 2.05) is 65.5 Å². The average Bonchev–Trinajstić information content (AvgIpc) is 3.26. The van der Waals surface area contributed by atoms with Crippen molar-refractivity contribution in [2.24, 2.45) is 0 Å². The molecule has 0 bridgehead atoms. The quantitative estimate of drug-likeness (QED) is 0.534. The molecule has 1 heterocycles. The minimum atomic E-state index is -0.183. The lowest BCUT2D eigenvalue weighted by atomic mass is 10.1. The van der Waals surface area contributed by atoms with E-state index in [2.05, 4.69) is 21.8 Å². The standard InChI is InChI=1S/C22H23N5OS/c23-14-18-6-1-4-9-21(18)17-29-13-11-24-22(28)25-15-19-7-2-3-8-20(19)16-27-12-5-10-26-27/h1-10,12H,11,13,15-17H2,(H2,24,25,28). The molecule has 2 N–H and O–H groups in total. The molecule has 2 aromatic carbocycles. The minimum Gasteiger partial charge on any atom is -0.337 e. The first-order valence-electron chi connectivity index (χ1n) is 9.38. The zero-order chi connectivity index (χ0) is 20.3. The van der Waals surface area contributed by atoms with Crippen molar-refractivity contribution >= 4 is 17.8 Å². The van der Waals surface area contributed by atoms with E-state index in [9.17, 15) is 4.79 Å². The number of benzene rings is 2. The highest BCUT2D eigenvalue weighted by molar-refractivity contribution is 7.98. The van der Waals surface area contributed by atoms with Gasteiger partial charge >= 0.3 is 6.03 Å². The van der Waals surface area contributed by atoms with Crippen LogP contribution in [0.2, 0.25) is 0 Å². The van der Waals surface area contributed by atoms with Gasteiger partial charge in [-0.25, -0.2) is 4.79 Å². The summed E-state index contributed by atoms with van der Waals surface area (Å²) < 4.78 is 1.86. The Morgan fingerprint density at radius 1 is 1.03 bits per heavy atom. The van der Waals surface area contributed by atoms with E-state index in [4.69, 9.17) is 5.26 Å². The van der Waals surface area contributed by atoms with E-state index in [0.29, 0.717) is 25.2 Å². The Labute approximate surface area is 174 Å². The summed E-state index contributed by atoms with van der Waals surface area (Å²) in [5.41, 5.74) is 3.93. The molecule has 0 aliphatic carbocycles. The molecule has 0 saturated carbocycles. The minimum absolute atomic E-state index is 0.183. The van der Waals surface area contributed by atoms with Gasteiger partial charge in [0.2, 0.25) is 0 Å². The SMILES string of the molecule is N#Cc1ccccc1CSCCNC(=O)NCc1ccccc1Cn1cccn1. The third kappa shape index (κ3) is 6.40. The predicted molar refractivity (Wildman–Crippen MR) is 115 cm³/mol. The fourth-order valence-electron chi connectivity index (χ4n) is 2.86. The molecule has 148 valence electrons. The summed E-state index contributed by atoms with van der Waals surface area (Å²) in [6.07, 6.45) is 3.68. The van der Waals surface area contributed by atoms with Crippen LogP contribution in [0.4, 0.5) is 4.79 Å². The molecule has 6 nitrogen and oxygen atoms in total. The topological polar surface area (TPSA) is 82.7 Å². The monoisotopic (exact) mass is 405 g/mol. The number of aromatic nitrogens is 2. The molecule has 2 amide bonds. The lowest BCUT2D eigenvalue weighted by Gasteiger charge is -2.12. The van der Waals surface area contributed by atoms with Gasteiger partial charge in [-0.3, -0.25) is 4.68 Å². The van der Waals surface area contributed by atoms with Gasteiger partial charge in [-0.1, -0.05) is 42.5 Å². The Morgan fingerprint density at radius 3 is 2.55 bits per heavy atom. The molecular formula is C22H23N5OS. The van der Waals surface area contributed by atoms with Crippen molar-refractivity contribution < 1.29 is 4.79 Å². The molecule has 1 aromatic heterocycles. The summed E-state index contributed by atoms with van der Waals surface area (Å²) in [5, 5.41) is 19.1. The highest BCUT2D eigenvalue weighted by Gasteiger charge is 2.06. The van der Waals surface area contributed by atoms with Crippen molar-refractivity contribution in [1.82, 2.24) is 20.4 Å². The van der Waals surface area contributed by atoms with E-state index in [1.165, 1.54) is 0 Å². The summed E-state index contributed by atoms with van der Waals surface area (Å²) >= 11 is 1.69. The first kappa shape index (κ1) is 20.5. The van der Waals surface area contributed by atoms with Crippen LogP contribution < -0.4 is 10.6 Å². The number of thioether (sulfide) groups is 1. The van der Waals surface area contributed by atoms with E-state index >= 15 is 0 Å². The van der Waals surface area contributed by atoms with Crippen LogP contribution >= 0.6 is 11.8 Å². The predicted octanol–water partition coefficient (Wildman–Crippen LogP) is 3.54. The Hall–Kier alpha value is -3.24. The molecule has 29 heavy (non-hydrogen) atoms. The molecule has 0 radical (unpaired) electrons. The Bertz CT molecular complexity index is 965. The Morgan fingerprint density at radius 2 is 1.79 bits per heavy atom. The summed E-state index contributed by atoms with van der Waals surface area (Å²) in [6.45, 7) is 1.71. The summed E-state index contributed by atoms with van der Waals surface area (Å²) in [5.74, 6) is 1.54. The second-order valence-corrected chi connectivity index (χ2v) is 7.51. The first-order chi connectivity index (χ1) is 14.3. The van der Waals surface area contributed by atoms with E-state index in [1.54, 1.807) is 18.0 Å². The number of rotatable bonds is 9. The maximum atomic E-state index is 12.1. The number of carbonyl (C=O) groups excluding carboxylic acids is 1. The smallest absolute Gasteiger partial charge is 0.315 e. The lowest BCUT2D eigenvalue weighted by molar-refractivity contribution is 0.241. The van der Waals surface area contributed by atoms with Gasteiger partial charge in [0.1, 0.15) is 0 Å². The van der Waals surface area contributed by atoms with Crippen LogP contribution in [0.3, 0.4) is 0 Å². The van der Waals surface area contributed by atoms with E-state index < -0.39 is 0 Å². The van der Waals surface area contributed by atoms with E-state index in [-0.39, 0.29) is 6.03 Å². The van der Waals surface area contributed by atoms with Crippen LogP contribution in [0, 0.1) is 11.3 Å². The van der Waals surface area contributed by atoms with Crippen LogP contribution in [-0.4, -0.2) is 28.1 Å². The van der Waals surface area contributed by atoms with Gasteiger partial charge in [-0.05, 0) is 28.8 Å². The van der Waals surface area contributed by atoms with Gasteiger partial charge in [0.15, 0.2) is 0 Å². The maximum Gasteiger partial charge on any atom is 0.315 e. The second kappa shape index (κ2) is 10.9. The van der Waals surface area contributed by atoms with Crippen molar-refractivity contribution in [3.63, 3.8) is 0 Å². The van der Waals surface area contributed by atoms with Crippen molar-refractivity contribution in [2.75, 3.05) is 12.3 Å². The van der Waals surface area contributed by atoms with Gasteiger partial charge in [-0.15, -0.1) is 0 Å². The Balaban J connectivity index is 1.38. The van der Waals surface area contributed by atoms with Gasteiger partial charge in [0.05, 0.1) is 18.2 Å². The van der Waals surface area contributed by atoms with Gasteiger partial charge in [0, 0.05) is 37.0 Å². The fourth-order valence-corrected chi connectivity index (χ4v) is 3.73. The molecule has 3 aromatic rings. The molecule has 0 unspecified atom stereocenters. The van der Waals surface area contributed by atoms with Crippen LogP contribution in [0.25, 0.3) is 0 Å². The number of hydrogen-bond acceptors (Lipinski definition) is 4. The molecule has 0 aliphatic rings. The highest BCUT2D eigenvalue weighted by atomic mass is 32.2. The number of nitrogens with one attached hydrogen (secondary N) is 2. The molecule has 0 saturated heterocycles. The number of urea groups is 1. The van der Waals surface area contributed by atoms with Gasteiger partial charge in [0.25, 0.3) is 0 Å². The van der Waals surface area contributed by atoms with Gasteiger partial charge in [-0.2, -0.15) is 22.1 Å². The maximum absolute atomic E-state index is 12.1. The number of amides is 2. The summed E-state index contributed by atoms with van der Waals surface area (Å²) in [4.78, 5) is 12.1. The van der Waals surface area contributed by atoms with Crippen molar-refractivity contribution in [2.45, 2.75) is 18.8 Å². The zero-order valence-corrected chi connectivity index (χ0v) is 16.9. The number of carbonyl (C=O) groups is 1. The number of nitrogens with zero attached hydrogens (tertiary/aromatic N) is 3. The van der Waals surface area contributed by atoms with Crippen LogP contribution in [0.5, 0.6) is 0 Å². The molecule has 0 spiro atoms. The summed E-state index contributed by atoms with van der Waals surface area (Å²) in [7, 11) is 0. The molecule has 0 atom stereocenters. The zero-order valence-electron chi connectivity index (χ0n) is 16.0. The van der Waals surface area contributed by atoms with Crippen LogP contribution in [0.1, 0.15) is 22.3 Å². The van der Waals surface area contributed by atoms with Crippen molar-refractivity contribution in [3.05, 3.63) is 89.2 Å². The largest absolute Gasteiger partial charge is 0.337 e. The third-order valence-corrected chi connectivity index (χ3v) is 5.38. The molecule has 0 aliphatic heterocycles. The normalized spacial score (nSPS) is 10.3. The molecule has 0 fully saturated rings. The third-order valence-electron chi connectivity index (χ3n) is 4.38. The van der Waals surface area contributed by atoms with Gasteiger partial charge < -0.3 is 10.6 Å². The molecule has 7 heteroatoms. The highest BCUT2D eigenvalue weighted by Crippen LogP contribution is 2.15. The van der Waals surface area contributed by atoms with Crippen LogP contribution in [-0.2, 0) is 18.8 Å². The lowest BCUT2D eigenvalue weighted by Crippen LogP contribution is -2.36. The first-order valence-corrected chi connectivity index (χ1v) is 10.5. The number of hydrogen-bond donors (Lipinski definition) is 2. The van der Waals surface area contributed by atoms with E-state index in [0.717, 1.165) is 28.2 Å². The van der Waals surface area contributed by atoms with Crippen LogP contribution in [0.15, 0.2) is 67.0 Å². The fraction of sp³-hybridized carbons (Fsp3) is 0.227. The Kier molecular flexibility index (Phi) is 7.72. The summed E-state index contributed by atoms with van der Waals surface area (Å²) in [6, 6.07) is 19.5.